The van der Waals surface area contributed by atoms with E-state index in [9.17, 15) is 4.79 Å². The molecule has 0 fully saturated rings. The van der Waals surface area contributed by atoms with E-state index in [1.165, 1.54) is 4.88 Å². The fourth-order valence-corrected chi connectivity index (χ4v) is 3.13. The summed E-state index contributed by atoms with van der Waals surface area (Å²) in [5.41, 5.74) is 1.73. The molecule has 0 aliphatic rings. The maximum atomic E-state index is 11.8. The quantitative estimate of drug-likeness (QED) is 0.754. The Balaban J connectivity index is 1.54. The van der Waals surface area contributed by atoms with Crippen LogP contribution in [-0.2, 0) is 17.8 Å². The summed E-state index contributed by atoms with van der Waals surface area (Å²) >= 11 is 5.11. The van der Waals surface area contributed by atoms with Crippen LogP contribution in [0.3, 0.4) is 0 Å². The van der Waals surface area contributed by atoms with Crippen molar-refractivity contribution in [3.8, 4) is 0 Å². The van der Waals surface area contributed by atoms with Crippen molar-refractivity contribution in [2.24, 2.45) is 0 Å². The third kappa shape index (κ3) is 3.71. The number of hydrogen-bond acceptors (Lipinski definition) is 3. The number of fused-ring (bicyclic) bond motifs is 1. The predicted octanol–water partition coefficient (Wildman–Crippen LogP) is 3.41. The minimum atomic E-state index is 0.0571. The van der Waals surface area contributed by atoms with Crippen LogP contribution in [0, 0.1) is 0 Å². The summed E-state index contributed by atoms with van der Waals surface area (Å²) in [7, 11) is 0. The summed E-state index contributed by atoms with van der Waals surface area (Å²) in [5.74, 6) is 0.0571. The SMILES string of the molecule is O=C(CCc1cccs1)NCc1cn2cc(Br)ccc2n1. The molecule has 6 heteroatoms. The third-order valence-corrected chi connectivity index (χ3v) is 4.52. The summed E-state index contributed by atoms with van der Waals surface area (Å²) < 4.78 is 2.94. The van der Waals surface area contributed by atoms with E-state index >= 15 is 0 Å². The van der Waals surface area contributed by atoms with Crippen LogP contribution in [0.4, 0.5) is 0 Å². The van der Waals surface area contributed by atoms with Gasteiger partial charge in [-0.25, -0.2) is 4.98 Å². The second kappa shape index (κ2) is 6.41. The summed E-state index contributed by atoms with van der Waals surface area (Å²) in [6, 6.07) is 7.95. The van der Waals surface area contributed by atoms with Crippen LogP contribution in [0.15, 0.2) is 46.5 Å². The van der Waals surface area contributed by atoms with Gasteiger partial charge in [-0.1, -0.05) is 6.07 Å². The molecule has 0 aliphatic heterocycles. The number of aromatic nitrogens is 2. The molecular formula is C15H14BrN3OS. The predicted molar refractivity (Wildman–Crippen MR) is 87.4 cm³/mol. The van der Waals surface area contributed by atoms with Crippen LogP contribution in [0.5, 0.6) is 0 Å². The van der Waals surface area contributed by atoms with Gasteiger partial charge in [0, 0.05) is 28.2 Å². The van der Waals surface area contributed by atoms with E-state index in [0.717, 1.165) is 22.2 Å². The van der Waals surface area contributed by atoms with E-state index in [1.807, 2.05) is 40.4 Å². The molecular weight excluding hydrogens is 350 g/mol. The van der Waals surface area contributed by atoms with E-state index in [2.05, 4.69) is 32.3 Å². The molecule has 0 spiro atoms. The van der Waals surface area contributed by atoms with Crippen molar-refractivity contribution >= 4 is 38.8 Å². The Labute approximate surface area is 135 Å². The summed E-state index contributed by atoms with van der Waals surface area (Å²) in [6.45, 7) is 0.461. The largest absolute Gasteiger partial charge is 0.350 e. The first-order valence-electron chi connectivity index (χ1n) is 6.63. The number of imidazole rings is 1. The molecule has 0 unspecified atom stereocenters. The van der Waals surface area contributed by atoms with Crippen molar-refractivity contribution in [2.45, 2.75) is 19.4 Å². The Hall–Kier alpha value is -1.66. The first kappa shape index (κ1) is 14.3. The zero-order valence-electron chi connectivity index (χ0n) is 11.3. The van der Waals surface area contributed by atoms with Crippen LogP contribution in [0.2, 0.25) is 0 Å². The average Bonchev–Trinajstić information content (AvgIpc) is 3.11. The van der Waals surface area contributed by atoms with Crippen LogP contribution in [0.1, 0.15) is 17.0 Å². The van der Waals surface area contributed by atoms with Gasteiger partial charge in [-0.05, 0) is 45.9 Å². The number of nitrogens with one attached hydrogen (secondary N) is 1. The molecule has 3 heterocycles. The smallest absolute Gasteiger partial charge is 0.220 e. The molecule has 0 saturated carbocycles. The number of hydrogen-bond donors (Lipinski definition) is 1. The normalized spacial score (nSPS) is 10.9. The highest BCUT2D eigenvalue weighted by molar-refractivity contribution is 9.10. The standard InChI is InChI=1S/C15H14BrN3OS/c16-11-3-5-14-18-12(10-19(14)9-11)8-17-15(20)6-4-13-2-1-7-21-13/h1-3,5,7,9-10H,4,6,8H2,(H,17,20). The van der Waals surface area contributed by atoms with E-state index < -0.39 is 0 Å². The molecule has 0 aliphatic carbocycles. The van der Waals surface area contributed by atoms with Gasteiger partial charge in [-0.2, -0.15) is 0 Å². The first-order chi connectivity index (χ1) is 10.2. The number of carbonyl (C=O) groups excluding carboxylic acids is 1. The molecule has 0 atom stereocenters. The number of halogens is 1. The van der Waals surface area contributed by atoms with E-state index in [4.69, 9.17) is 0 Å². The third-order valence-electron chi connectivity index (χ3n) is 3.11. The highest BCUT2D eigenvalue weighted by Crippen LogP contribution is 2.13. The van der Waals surface area contributed by atoms with Gasteiger partial charge in [0.1, 0.15) is 5.65 Å². The molecule has 1 amide bonds. The number of thiophene rings is 1. The van der Waals surface area contributed by atoms with Gasteiger partial charge in [0.15, 0.2) is 0 Å². The molecule has 3 rings (SSSR count). The van der Waals surface area contributed by atoms with E-state index in [-0.39, 0.29) is 5.91 Å². The Morgan fingerprint density at radius 2 is 2.24 bits per heavy atom. The van der Waals surface area contributed by atoms with Gasteiger partial charge >= 0.3 is 0 Å². The number of rotatable bonds is 5. The molecule has 1 N–H and O–H groups in total. The van der Waals surface area contributed by atoms with Crippen LogP contribution < -0.4 is 5.32 Å². The lowest BCUT2D eigenvalue weighted by Gasteiger charge is -2.01. The molecule has 0 saturated heterocycles. The zero-order valence-corrected chi connectivity index (χ0v) is 13.7. The van der Waals surface area contributed by atoms with Crippen molar-refractivity contribution in [3.05, 3.63) is 57.1 Å². The first-order valence-corrected chi connectivity index (χ1v) is 8.30. The molecule has 21 heavy (non-hydrogen) atoms. The van der Waals surface area contributed by atoms with Crippen LogP contribution in [0.25, 0.3) is 5.65 Å². The fourth-order valence-electron chi connectivity index (χ4n) is 2.07. The summed E-state index contributed by atoms with van der Waals surface area (Å²) in [5, 5.41) is 4.94. The van der Waals surface area contributed by atoms with Crippen LogP contribution >= 0.6 is 27.3 Å². The number of aryl methyl sites for hydroxylation is 1. The Morgan fingerprint density at radius 3 is 3.05 bits per heavy atom. The van der Waals surface area contributed by atoms with Crippen LogP contribution in [-0.4, -0.2) is 15.3 Å². The lowest BCUT2D eigenvalue weighted by molar-refractivity contribution is -0.121. The van der Waals surface area contributed by atoms with Gasteiger partial charge < -0.3 is 9.72 Å². The van der Waals surface area contributed by atoms with E-state index in [0.29, 0.717) is 13.0 Å². The Morgan fingerprint density at radius 1 is 1.33 bits per heavy atom. The van der Waals surface area contributed by atoms with Gasteiger partial charge in [-0.15, -0.1) is 11.3 Å². The van der Waals surface area contributed by atoms with Crippen molar-refractivity contribution in [1.29, 1.82) is 0 Å². The summed E-state index contributed by atoms with van der Waals surface area (Å²) in [6.07, 6.45) is 5.19. The molecule has 0 radical (unpaired) electrons. The maximum absolute atomic E-state index is 11.8. The molecule has 3 aromatic heterocycles. The van der Waals surface area contributed by atoms with Gasteiger partial charge in [0.25, 0.3) is 0 Å². The summed E-state index contributed by atoms with van der Waals surface area (Å²) in [4.78, 5) is 17.5. The van der Waals surface area contributed by atoms with Gasteiger partial charge in [0.2, 0.25) is 5.91 Å². The van der Waals surface area contributed by atoms with Gasteiger partial charge in [-0.3, -0.25) is 4.79 Å². The van der Waals surface area contributed by atoms with Gasteiger partial charge in [0.05, 0.1) is 12.2 Å². The highest BCUT2D eigenvalue weighted by Gasteiger charge is 2.06. The Bertz CT molecular complexity index is 751. The lowest BCUT2D eigenvalue weighted by Crippen LogP contribution is -2.23. The van der Waals surface area contributed by atoms with Crippen molar-refractivity contribution in [2.75, 3.05) is 0 Å². The maximum Gasteiger partial charge on any atom is 0.220 e. The lowest BCUT2D eigenvalue weighted by atomic mass is 10.2. The Kier molecular flexibility index (Phi) is 4.36. The second-order valence-electron chi connectivity index (χ2n) is 4.70. The number of nitrogens with zero attached hydrogens (tertiary/aromatic N) is 2. The van der Waals surface area contributed by atoms with E-state index in [1.54, 1.807) is 11.3 Å². The molecule has 0 bridgehead atoms. The topological polar surface area (TPSA) is 46.4 Å². The number of amides is 1. The molecule has 4 nitrogen and oxygen atoms in total. The van der Waals surface area contributed by atoms with Crippen molar-refractivity contribution in [3.63, 3.8) is 0 Å². The van der Waals surface area contributed by atoms with Crippen molar-refractivity contribution in [1.82, 2.24) is 14.7 Å². The molecule has 108 valence electrons. The highest BCUT2D eigenvalue weighted by atomic mass is 79.9. The van der Waals surface area contributed by atoms with Crippen molar-refractivity contribution < 1.29 is 4.79 Å². The number of pyridine rings is 1. The molecule has 0 aromatic carbocycles. The zero-order chi connectivity index (χ0) is 14.7. The molecule has 3 aromatic rings. The number of carbonyl (C=O) groups is 1. The average molecular weight is 364 g/mol. The minimum Gasteiger partial charge on any atom is -0.350 e. The monoisotopic (exact) mass is 363 g/mol. The second-order valence-corrected chi connectivity index (χ2v) is 6.65. The fraction of sp³-hybridized carbons (Fsp3) is 0.200. The minimum absolute atomic E-state index is 0.0571.